The van der Waals surface area contributed by atoms with Gasteiger partial charge < -0.3 is 20.8 Å². The van der Waals surface area contributed by atoms with Gasteiger partial charge in [0.1, 0.15) is 16.9 Å². The van der Waals surface area contributed by atoms with Crippen LogP contribution in [0.3, 0.4) is 0 Å². The number of hydrazine groups is 1. The van der Waals surface area contributed by atoms with Crippen LogP contribution in [-0.2, 0) is 4.74 Å². The van der Waals surface area contributed by atoms with Crippen LogP contribution in [-0.4, -0.2) is 58.3 Å². The van der Waals surface area contributed by atoms with Gasteiger partial charge in [0.05, 0.1) is 11.7 Å². The van der Waals surface area contributed by atoms with E-state index in [0.717, 1.165) is 48.6 Å². The number of nitrogen functional groups attached to an aromatic ring is 1. The van der Waals surface area contributed by atoms with Gasteiger partial charge in [-0.05, 0) is 25.8 Å². The van der Waals surface area contributed by atoms with Crippen LogP contribution < -0.4 is 11.1 Å². The Morgan fingerprint density at radius 3 is 2.65 bits per heavy atom. The highest BCUT2D eigenvalue weighted by molar-refractivity contribution is 5.88. The molecule has 8 heteroatoms. The molecule has 2 aliphatic rings. The summed E-state index contributed by atoms with van der Waals surface area (Å²) < 4.78 is 5.44. The molecule has 0 spiro atoms. The lowest BCUT2D eigenvalue weighted by atomic mass is 10.1. The topological polar surface area (TPSA) is 92.4 Å². The van der Waals surface area contributed by atoms with E-state index in [4.69, 9.17) is 20.4 Å². The van der Waals surface area contributed by atoms with Crippen LogP contribution in [0.5, 0.6) is 0 Å². The second kappa shape index (κ2) is 6.69. The standard InChI is InChI=1S/C18H25N7O/c1-11-18(22-12-5-8-26-9-6-12)23-15-13(10-20-17(19)16(15)21-11)14-4-7-24(2)25(14)3/h4,7,10,12,14H,5-6,8-9H2,1-3H3,(H2,19,20)(H,22,23). The van der Waals surface area contributed by atoms with E-state index in [-0.39, 0.29) is 6.04 Å². The van der Waals surface area contributed by atoms with Crippen molar-refractivity contribution in [2.24, 2.45) is 0 Å². The number of aromatic nitrogens is 3. The lowest BCUT2D eigenvalue weighted by molar-refractivity contribution is 0.0740. The van der Waals surface area contributed by atoms with E-state index < -0.39 is 0 Å². The minimum atomic E-state index is 0.0588. The Bertz CT molecular complexity index is 847. The van der Waals surface area contributed by atoms with Gasteiger partial charge >= 0.3 is 0 Å². The number of ether oxygens (including phenoxy) is 1. The van der Waals surface area contributed by atoms with Gasteiger partial charge in [-0.1, -0.05) is 0 Å². The summed E-state index contributed by atoms with van der Waals surface area (Å²) in [5.41, 5.74) is 9.39. The predicted molar refractivity (Wildman–Crippen MR) is 101 cm³/mol. The summed E-state index contributed by atoms with van der Waals surface area (Å²) in [6, 6.07) is 0.417. The van der Waals surface area contributed by atoms with Gasteiger partial charge in [-0.3, -0.25) is 0 Å². The zero-order chi connectivity index (χ0) is 18.3. The third-order valence-electron chi connectivity index (χ3n) is 5.19. The molecule has 0 aromatic carbocycles. The van der Waals surface area contributed by atoms with Crippen LogP contribution in [0.2, 0.25) is 0 Å². The Morgan fingerprint density at radius 2 is 1.96 bits per heavy atom. The summed E-state index contributed by atoms with van der Waals surface area (Å²) in [5.74, 6) is 1.23. The molecule has 0 radical (unpaired) electrons. The molecule has 2 aromatic rings. The van der Waals surface area contributed by atoms with Crippen molar-refractivity contribution in [3.63, 3.8) is 0 Å². The third kappa shape index (κ3) is 2.95. The second-order valence-electron chi connectivity index (χ2n) is 6.92. The van der Waals surface area contributed by atoms with E-state index in [2.05, 4.69) is 21.4 Å². The monoisotopic (exact) mass is 355 g/mol. The number of nitrogens with two attached hydrogens (primary N) is 1. The van der Waals surface area contributed by atoms with Crippen LogP contribution in [0.25, 0.3) is 11.0 Å². The molecule has 2 aromatic heterocycles. The zero-order valence-corrected chi connectivity index (χ0v) is 15.4. The van der Waals surface area contributed by atoms with Crippen LogP contribution in [0, 0.1) is 6.92 Å². The maximum atomic E-state index is 6.10. The number of anilines is 2. The van der Waals surface area contributed by atoms with Gasteiger partial charge in [-0.25, -0.2) is 20.0 Å². The Kier molecular flexibility index (Phi) is 4.37. The number of fused-ring (bicyclic) bond motifs is 1. The maximum absolute atomic E-state index is 6.10. The molecule has 0 bridgehead atoms. The number of hydrogen-bond donors (Lipinski definition) is 2. The summed E-state index contributed by atoms with van der Waals surface area (Å²) in [7, 11) is 4.05. The van der Waals surface area contributed by atoms with Crippen molar-refractivity contribution in [3.05, 3.63) is 29.7 Å². The number of pyridine rings is 1. The van der Waals surface area contributed by atoms with E-state index in [1.807, 2.05) is 38.4 Å². The Morgan fingerprint density at radius 1 is 1.19 bits per heavy atom. The number of nitrogens with one attached hydrogen (secondary N) is 1. The minimum Gasteiger partial charge on any atom is -0.382 e. The fraction of sp³-hybridized carbons (Fsp3) is 0.500. The molecule has 138 valence electrons. The molecule has 0 amide bonds. The lowest BCUT2D eigenvalue weighted by Crippen LogP contribution is -2.30. The molecule has 26 heavy (non-hydrogen) atoms. The maximum Gasteiger partial charge on any atom is 0.151 e. The molecule has 3 N–H and O–H groups in total. The summed E-state index contributed by atoms with van der Waals surface area (Å²) >= 11 is 0. The molecule has 1 saturated heterocycles. The molecule has 4 rings (SSSR count). The predicted octanol–water partition coefficient (Wildman–Crippen LogP) is 1.85. The van der Waals surface area contributed by atoms with Gasteiger partial charge in [0.2, 0.25) is 0 Å². The zero-order valence-electron chi connectivity index (χ0n) is 15.4. The van der Waals surface area contributed by atoms with Crippen molar-refractivity contribution in [2.45, 2.75) is 31.8 Å². The molecular weight excluding hydrogens is 330 g/mol. The van der Waals surface area contributed by atoms with Gasteiger partial charge in [0.25, 0.3) is 0 Å². The van der Waals surface area contributed by atoms with Crippen LogP contribution in [0.15, 0.2) is 18.5 Å². The molecule has 4 heterocycles. The first kappa shape index (κ1) is 17.0. The smallest absolute Gasteiger partial charge is 0.151 e. The van der Waals surface area contributed by atoms with Gasteiger partial charge in [0, 0.05) is 51.3 Å². The number of hydrogen-bond acceptors (Lipinski definition) is 8. The summed E-state index contributed by atoms with van der Waals surface area (Å²) in [5, 5.41) is 7.70. The lowest BCUT2D eigenvalue weighted by Gasteiger charge is -2.27. The molecule has 0 aliphatic carbocycles. The van der Waals surface area contributed by atoms with Crippen molar-refractivity contribution in [1.82, 2.24) is 25.0 Å². The fourth-order valence-corrected chi connectivity index (χ4v) is 3.49. The van der Waals surface area contributed by atoms with Crippen molar-refractivity contribution >= 4 is 22.7 Å². The highest BCUT2D eigenvalue weighted by Gasteiger charge is 2.26. The number of likely N-dealkylation sites (N-methyl/N-ethyl adjacent to an activating group) is 1. The summed E-state index contributed by atoms with van der Waals surface area (Å²) in [6.07, 6.45) is 7.92. The van der Waals surface area contributed by atoms with Crippen molar-refractivity contribution in [1.29, 1.82) is 0 Å². The average molecular weight is 355 g/mol. The molecule has 1 atom stereocenters. The van der Waals surface area contributed by atoms with Crippen LogP contribution in [0.1, 0.15) is 30.1 Å². The van der Waals surface area contributed by atoms with Crippen molar-refractivity contribution in [2.75, 3.05) is 38.4 Å². The largest absolute Gasteiger partial charge is 0.382 e. The quantitative estimate of drug-likeness (QED) is 0.862. The van der Waals surface area contributed by atoms with Crippen LogP contribution in [0.4, 0.5) is 11.6 Å². The highest BCUT2D eigenvalue weighted by atomic mass is 16.5. The molecule has 1 unspecified atom stereocenters. The Balaban J connectivity index is 1.77. The van der Waals surface area contributed by atoms with Gasteiger partial charge in [0.15, 0.2) is 5.82 Å². The van der Waals surface area contributed by atoms with Crippen molar-refractivity contribution < 1.29 is 4.74 Å². The van der Waals surface area contributed by atoms with Crippen LogP contribution >= 0.6 is 0 Å². The Hall–Kier alpha value is -2.45. The molecule has 1 fully saturated rings. The number of nitrogens with zero attached hydrogens (tertiary/aromatic N) is 5. The second-order valence-corrected chi connectivity index (χ2v) is 6.92. The fourth-order valence-electron chi connectivity index (χ4n) is 3.49. The molecule has 0 saturated carbocycles. The molecule has 8 nitrogen and oxygen atoms in total. The first-order valence-corrected chi connectivity index (χ1v) is 8.95. The molecular formula is C18H25N7O. The van der Waals surface area contributed by atoms with Gasteiger partial charge in [-0.15, -0.1) is 0 Å². The summed E-state index contributed by atoms with van der Waals surface area (Å²) in [4.78, 5) is 14.0. The molecule has 2 aliphatic heterocycles. The van der Waals surface area contributed by atoms with Crippen molar-refractivity contribution in [3.8, 4) is 0 Å². The third-order valence-corrected chi connectivity index (χ3v) is 5.19. The number of rotatable bonds is 3. The minimum absolute atomic E-state index is 0.0588. The SMILES string of the molecule is Cc1nc2c(N)ncc(C3C=CN(C)N3C)c2nc1NC1CCOCC1. The van der Waals surface area contributed by atoms with E-state index in [0.29, 0.717) is 17.4 Å². The first-order valence-electron chi connectivity index (χ1n) is 8.95. The van der Waals surface area contributed by atoms with E-state index in [1.165, 1.54) is 0 Å². The van der Waals surface area contributed by atoms with E-state index in [1.54, 1.807) is 0 Å². The normalized spacial score (nSPS) is 21.7. The van der Waals surface area contributed by atoms with E-state index >= 15 is 0 Å². The summed E-state index contributed by atoms with van der Waals surface area (Å²) in [6.45, 7) is 3.52. The van der Waals surface area contributed by atoms with Gasteiger partial charge in [-0.2, -0.15) is 0 Å². The number of aryl methyl sites for hydroxylation is 1. The van der Waals surface area contributed by atoms with E-state index in [9.17, 15) is 0 Å². The first-order chi connectivity index (χ1) is 12.5. The highest BCUT2D eigenvalue weighted by Crippen LogP contribution is 2.33. The average Bonchev–Trinajstić information content (AvgIpc) is 2.97. The Labute approximate surface area is 153 Å².